The number of non-ortho nitro benzene ring substituents is 1. The summed E-state index contributed by atoms with van der Waals surface area (Å²) in [5, 5.41) is 13.9. The Morgan fingerprint density at radius 1 is 1.35 bits per heavy atom. The van der Waals surface area contributed by atoms with Crippen LogP contribution in [0.3, 0.4) is 0 Å². The third kappa shape index (κ3) is 4.50. The molecule has 0 aromatic heterocycles. The maximum Gasteiger partial charge on any atom is 0.269 e. The SMILES string of the molecule is CC(NCCCCN)c1ccc([N+](=O)[O-])cc1. The molecule has 5 nitrogen and oxygen atoms in total. The number of unbranched alkanes of at least 4 members (excludes halogenated alkanes) is 1. The van der Waals surface area contributed by atoms with Gasteiger partial charge in [-0.05, 0) is 38.4 Å². The maximum atomic E-state index is 10.5. The number of hydrogen-bond acceptors (Lipinski definition) is 4. The summed E-state index contributed by atoms with van der Waals surface area (Å²) in [5.41, 5.74) is 6.60. The van der Waals surface area contributed by atoms with Crippen molar-refractivity contribution in [3.8, 4) is 0 Å². The van der Waals surface area contributed by atoms with E-state index in [0.717, 1.165) is 24.9 Å². The van der Waals surface area contributed by atoms with Gasteiger partial charge in [0.15, 0.2) is 0 Å². The van der Waals surface area contributed by atoms with Crippen molar-refractivity contribution in [3.05, 3.63) is 39.9 Å². The molecule has 3 N–H and O–H groups in total. The van der Waals surface area contributed by atoms with Crippen LogP contribution < -0.4 is 11.1 Å². The number of nitro groups is 1. The molecule has 0 spiro atoms. The predicted molar refractivity (Wildman–Crippen MR) is 67.8 cm³/mol. The normalized spacial score (nSPS) is 12.4. The third-order valence-electron chi connectivity index (χ3n) is 2.69. The summed E-state index contributed by atoms with van der Waals surface area (Å²) in [7, 11) is 0. The minimum Gasteiger partial charge on any atom is -0.330 e. The largest absolute Gasteiger partial charge is 0.330 e. The lowest BCUT2D eigenvalue weighted by atomic mass is 10.1. The van der Waals surface area contributed by atoms with E-state index in [1.165, 1.54) is 12.1 Å². The van der Waals surface area contributed by atoms with Gasteiger partial charge in [0.25, 0.3) is 5.69 Å². The summed E-state index contributed by atoms with van der Waals surface area (Å²) in [6.45, 7) is 3.67. The van der Waals surface area contributed by atoms with Crippen molar-refractivity contribution >= 4 is 5.69 Å². The predicted octanol–water partition coefficient (Wildman–Crippen LogP) is 1.98. The average molecular weight is 237 g/mol. The fourth-order valence-corrected chi connectivity index (χ4v) is 1.59. The lowest BCUT2D eigenvalue weighted by molar-refractivity contribution is -0.384. The Labute approximate surface area is 101 Å². The van der Waals surface area contributed by atoms with E-state index < -0.39 is 0 Å². The van der Waals surface area contributed by atoms with Crippen molar-refractivity contribution < 1.29 is 4.92 Å². The zero-order valence-electron chi connectivity index (χ0n) is 10.1. The second kappa shape index (κ2) is 6.98. The van der Waals surface area contributed by atoms with Crippen LogP contribution in [-0.4, -0.2) is 18.0 Å². The van der Waals surface area contributed by atoms with Gasteiger partial charge in [0.05, 0.1) is 4.92 Å². The van der Waals surface area contributed by atoms with E-state index in [1.807, 2.05) is 6.92 Å². The van der Waals surface area contributed by atoms with Gasteiger partial charge in [-0.1, -0.05) is 12.1 Å². The Bertz CT molecular complexity index is 351. The Balaban J connectivity index is 2.46. The number of benzene rings is 1. The van der Waals surface area contributed by atoms with Crippen LogP contribution >= 0.6 is 0 Å². The number of hydrogen-bond donors (Lipinski definition) is 2. The molecule has 0 amide bonds. The zero-order valence-corrected chi connectivity index (χ0v) is 10.1. The summed E-state index contributed by atoms with van der Waals surface area (Å²) in [5.74, 6) is 0. The molecule has 0 saturated heterocycles. The van der Waals surface area contributed by atoms with Crippen LogP contribution in [0.15, 0.2) is 24.3 Å². The highest BCUT2D eigenvalue weighted by Crippen LogP contribution is 2.17. The molecule has 0 fully saturated rings. The number of nitro benzene ring substituents is 1. The fraction of sp³-hybridized carbons (Fsp3) is 0.500. The highest BCUT2D eigenvalue weighted by atomic mass is 16.6. The van der Waals surface area contributed by atoms with Crippen molar-refractivity contribution in [2.45, 2.75) is 25.8 Å². The summed E-state index contributed by atoms with van der Waals surface area (Å²) in [6.07, 6.45) is 2.06. The number of nitrogens with zero attached hydrogens (tertiary/aromatic N) is 1. The molecule has 1 unspecified atom stereocenters. The van der Waals surface area contributed by atoms with E-state index in [2.05, 4.69) is 5.32 Å². The maximum absolute atomic E-state index is 10.5. The summed E-state index contributed by atoms with van der Waals surface area (Å²) < 4.78 is 0. The van der Waals surface area contributed by atoms with E-state index in [0.29, 0.717) is 6.54 Å². The van der Waals surface area contributed by atoms with Crippen LogP contribution in [0.2, 0.25) is 0 Å². The summed E-state index contributed by atoms with van der Waals surface area (Å²) in [6, 6.07) is 6.85. The first kappa shape index (κ1) is 13.6. The molecule has 1 aromatic rings. The van der Waals surface area contributed by atoms with Gasteiger partial charge < -0.3 is 11.1 Å². The van der Waals surface area contributed by atoms with Crippen LogP contribution in [0.4, 0.5) is 5.69 Å². The molecule has 5 heteroatoms. The molecule has 0 radical (unpaired) electrons. The molecule has 0 aliphatic carbocycles. The Morgan fingerprint density at radius 3 is 2.53 bits per heavy atom. The highest BCUT2D eigenvalue weighted by Gasteiger charge is 2.07. The minimum absolute atomic E-state index is 0.129. The molecular formula is C12H19N3O2. The molecule has 1 atom stereocenters. The first-order valence-electron chi connectivity index (χ1n) is 5.83. The summed E-state index contributed by atoms with van der Waals surface area (Å²) in [4.78, 5) is 10.1. The third-order valence-corrected chi connectivity index (χ3v) is 2.69. The summed E-state index contributed by atoms with van der Waals surface area (Å²) >= 11 is 0. The van der Waals surface area contributed by atoms with Crippen molar-refractivity contribution in [2.75, 3.05) is 13.1 Å². The van der Waals surface area contributed by atoms with Crippen LogP contribution in [0.5, 0.6) is 0 Å². The topological polar surface area (TPSA) is 81.2 Å². The van der Waals surface area contributed by atoms with E-state index in [1.54, 1.807) is 12.1 Å². The Hall–Kier alpha value is -1.46. The minimum atomic E-state index is -0.386. The number of rotatable bonds is 7. The molecule has 94 valence electrons. The van der Waals surface area contributed by atoms with Crippen LogP contribution in [0.25, 0.3) is 0 Å². The van der Waals surface area contributed by atoms with Gasteiger partial charge in [-0.25, -0.2) is 0 Å². The zero-order chi connectivity index (χ0) is 12.7. The molecule has 1 rings (SSSR count). The first-order chi connectivity index (χ1) is 8.15. The quantitative estimate of drug-likeness (QED) is 0.431. The van der Waals surface area contributed by atoms with Crippen LogP contribution in [0, 0.1) is 10.1 Å². The highest BCUT2D eigenvalue weighted by molar-refractivity contribution is 5.33. The second-order valence-corrected chi connectivity index (χ2v) is 4.02. The molecule has 0 aliphatic rings. The number of nitrogens with one attached hydrogen (secondary N) is 1. The standard InChI is InChI=1S/C12H19N3O2/c1-10(14-9-3-2-8-13)11-4-6-12(7-5-11)15(16)17/h4-7,10,14H,2-3,8-9,13H2,1H3. The van der Waals surface area contributed by atoms with Crippen LogP contribution in [-0.2, 0) is 0 Å². The van der Waals surface area contributed by atoms with Gasteiger partial charge >= 0.3 is 0 Å². The van der Waals surface area contributed by atoms with Crippen molar-refractivity contribution in [3.63, 3.8) is 0 Å². The average Bonchev–Trinajstić information content (AvgIpc) is 2.34. The first-order valence-corrected chi connectivity index (χ1v) is 5.83. The molecule has 0 aliphatic heterocycles. The molecule has 0 saturated carbocycles. The lowest BCUT2D eigenvalue weighted by Crippen LogP contribution is -2.20. The van der Waals surface area contributed by atoms with Crippen molar-refractivity contribution in [1.82, 2.24) is 5.32 Å². The fourth-order valence-electron chi connectivity index (χ4n) is 1.59. The van der Waals surface area contributed by atoms with Gasteiger partial charge in [-0.2, -0.15) is 0 Å². The van der Waals surface area contributed by atoms with E-state index in [9.17, 15) is 10.1 Å². The van der Waals surface area contributed by atoms with Gasteiger partial charge in [-0.3, -0.25) is 10.1 Å². The second-order valence-electron chi connectivity index (χ2n) is 4.02. The van der Waals surface area contributed by atoms with Crippen molar-refractivity contribution in [1.29, 1.82) is 0 Å². The lowest BCUT2D eigenvalue weighted by Gasteiger charge is -2.13. The van der Waals surface area contributed by atoms with E-state index in [4.69, 9.17) is 5.73 Å². The van der Waals surface area contributed by atoms with Gasteiger partial charge in [0.1, 0.15) is 0 Å². The molecule has 0 bridgehead atoms. The molecular weight excluding hydrogens is 218 g/mol. The molecule has 1 aromatic carbocycles. The van der Waals surface area contributed by atoms with Gasteiger partial charge in [0, 0.05) is 18.2 Å². The van der Waals surface area contributed by atoms with E-state index >= 15 is 0 Å². The monoisotopic (exact) mass is 237 g/mol. The molecule has 17 heavy (non-hydrogen) atoms. The molecule has 0 heterocycles. The van der Waals surface area contributed by atoms with E-state index in [-0.39, 0.29) is 16.7 Å². The Kier molecular flexibility index (Phi) is 5.59. The van der Waals surface area contributed by atoms with Gasteiger partial charge in [0.2, 0.25) is 0 Å². The Morgan fingerprint density at radius 2 is 2.00 bits per heavy atom. The van der Waals surface area contributed by atoms with Crippen LogP contribution in [0.1, 0.15) is 31.4 Å². The van der Waals surface area contributed by atoms with Gasteiger partial charge in [-0.15, -0.1) is 0 Å². The smallest absolute Gasteiger partial charge is 0.269 e. The van der Waals surface area contributed by atoms with Crippen molar-refractivity contribution in [2.24, 2.45) is 5.73 Å². The number of nitrogens with two attached hydrogens (primary N) is 1.